The van der Waals surface area contributed by atoms with Gasteiger partial charge in [-0.05, 0) is 37.0 Å². The van der Waals surface area contributed by atoms with Crippen LogP contribution < -0.4 is 10.6 Å². The van der Waals surface area contributed by atoms with E-state index in [1.807, 2.05) is 0 Å². The Balaban J connectivity index is 1.71. The van der Waals surface area contributed by atoms with Crippen molar-refractivity contribution in [3.63, 3.8) is 0 Å². The van der Waals surface area contributed by atoms with Crippen molar-refractivity contribution in [3.8, 4) is 0 Å². The first-order valence-corrected chi connectivity index (χ1v) is 7.32. The van der Waals surface area contributed by atoms with E-state index in [1.165, 1.54) is 12.1 Å². The van der Waals surface area contributed by atoms with Gasteiger partial charge in [-0.25, -0.2) is 4.79 Å². The lowest BCUT2D eigenvalue weighted by molar-refractivity contribution is -0.137. The summed E-state index contributed by atoms with van der Waals surface area (Å²) < 4.78 is 43.0. The minimum atomic E-state index is -4.47. The zero-order chi connectivity index (χ0) is 16.9. The lowest BCUT2D eigenvalue weighted by atomic mass is 10.2. The minimum Gasteiger partial charge on any atom is -0.389 e. The van der Waals surface area contributed by atoms with Gasteiger partial charge >= 0.3 is 12.2 Å². The van der Waals surface area contributed by atoms with Gasteiger partial charge in [0, 0.05) is 18.8 Å². The fraction of sp³-hybridized carbons (Fsp3) is 0.533. The summed E-state index contributed by atoms with van der Waals surface area (Å²) in [4.78, 5) is 11.6. The summed E-state index contributed by atoms with van der Waals surface area (Å²) in [5.41, 5.74) is -0.819. The molecule has 1 aromatic carbocycles. The van der Waals surface area contributed by atoms with Crippen molar-refractivity contribution < 1.29 is 27.8 Å². The maximum Gasteiger partial charge on any atom is 0.416 e. The van der Waals surface area contributed by atoms with E-state index in [2.05, 4.69) is 10.6 Å². The summed E-state index contributed by atoms with van der Waals surface area (Å²) in [6.45, 7) is 0.670. The van der Waals surface area contributed by atoms with Crippen molar-refractivity contribution in [1.82, 2.24) is 5.32 Å². The molecule has 1 fully saturated rings. The van der Waals surface area contributed by atoms with Crippen LogP contribution in [0.5, 0.6) is 0 Å². The van der Waals surface area contributed by atoms with Crippen molar-refractivity contribution in [2.45, 2.75) is 25.1 Å². The lowest BCUT2D eigenvalue weighted by Gasteiger charge is -2.13. The first-order chi connectivity index (χ1) is 10.8. The smallest absolute Gasteiger partial charge is 0.389 e. The number of rotatable bonds is 7. The van der Waals surface area contributed by atoms with Gasteiger partial charge in [0.2, 0.25) is 0 Å². The molecule has 1 aromatic rings. The highest BCUT2D eigenvalue weighted by Crippen LogP contribution is 2.30. The Hall–Kier alpha value is -1.80. The predicted octanol–water partition coefficient (Wildman–Crippen LogP) is 2.61. The Bertz CT molecular complexity index is 533. The number of hydrogen-bond donors (Lipinski definition) is 3. The van der Waals surface area contributed by atoms with Crippen LogP contribution in [0.4, 0.5) is 23.7 Å². The maximum atomic E-state index is 12.6. The predicted molar refractivity (Wildman–Crippen MR) is 78.0 cm³/mol. The van der Waals surface area contributed by atoms with Crippen LogP contribution in [0.2, 0.25) is 0 Å². The normalized spacial score (nSPS) is 16.0. The van der Waals surface area contributed by atoms with Crippen LogP contribution in [0.1, 0.15) is 18.4 Å². The third-order valence-electron chi connectivity index (χ3n) is 3.31. The molecule has 0 bridgehead atoms. The molecule has 0 saturated heterocycles. The number of amides is 2. The molecular weight excluding hydrogens is 313 g/mol. The van der Waals surface area contributed by atoms with Crippen LogP contribution in [0.15, 0.2) is 24.3 Å². The molecule has 1 atom stereocenters. The van der Waals surface area contributed by atoms with Crippen LogP contribution in [0.25, 0.3) is 0 Å². The van der Waals surface area contributed by atoms with Crippen LogP contribution in [-0.2, 0) is 10.9 Å². The number of anilines is 1. The third-order valence-corrected chi connectivity index (χ3v) is 3.31. The largest absolute Gasteiger partial charge is 0.416 e. The number of aliphatic hydroxyl groups excluding tert-OH is 1. The van der Waals surface area contributed by atoms with Crippen molar-refractivity contribution in [1.29, 1.82) is 0 Å². The van der Waals surface area contributed by atoms with E-state index in [0.29, 0.717) is 12.5 Å². The Kier molecular flexibility index (Phi) is 5.84. The number of carbonyl (C=O) groups excluding carboxylic acids is 1. The van der Waals surface area contributed by atoms with Crippen LogP contribution in [-0.4, -0.2) is 37.0 Å². The number of aliphatic hydroxyl groups is 1. The molecule has 2 rings (SSSR count). The highest BCUT2D eigenvalue weighted by Gasteiger charge is 2.30. The summed E-state index contributed by atoms with van der Waals surface area (Å²) in [7, 11) is 0. The molecule has 0 spiro atoms. The Morgan fingerprint density at radius 1 is 1.39 bits per heavy atom. The molecular formula is C15H19F3N2O3. The number of hydrogen-bond acceptors (Lipinski definition) is 3. The fourth-order valence-electron chi connectivity index (χ4n) is 1.87. The van der Waals surface area contributed by atoms with Gasteiger partial charge in [0.25, 0.3) is 0 Å². The Morgan fingerprint density at radius 2 is 2.13 bits per heavy atom. The molecule has 0 heterocycles. The molecule has 0 aliphatic heterocycles. The van der Waals surface area contributed by atoms with E-state index in [9.17, 15) is 23.1 Å². The van der Waals surface area contributed by atoms with Crippen LogP contribution in [0.3, 0.4) is 0 Å². The van der Waals surface area contributed by atoms with E-state index in [4.69, 9.17) is 4.74 Å². The molecule has 0 aromatic heterocycles. The molecule has 128 valence electrons. The lowest BCUT2D eigenvalue weighted by Crippen LogP contribution is -2.37. The van der Waals surface area contributed by atoms with Gasteiger partial charge in [-0.1, -0.05) is 6.07 Å². The third kappa shape index (κ3) is 6.45. The summed E-state index contributed by atoms with van der Waals surface area (Å²) in [5, 5.41) is 14.3. The zero-order valence-electron chi connectivity index (χ0n) is 12.4. The van der Waals surface area contributed by atoms with Gasteiger partial charge in [-0.2, -0.15) is 13.2 Å². The second kappa shape index (κ2) is 7.65. The monoisotopic (exact) mass is 332 g/mol. The molecule has 0 radical (unpaired) electrons. The molecule has 1 unspecified atom stereocenters. The van der Waals surface area contributed by atoms with Crippen molar-refractivity contribution in [3.05, 3.63) is 29.8 Å². The highest BCUT2D eigenvalue weighted by atomic mass is 19.4. The summed E-state index contributed by atoms with van der Waals surface area (Å²) in [5.74, 6) is 0.583. The van der Waals surface area contributed by atoms with Gasteiger partial charge < -0.3 is 20.5 Å². The summed E-state index contributed by atoms with van der Waals surface area (Å²) in [6.07, 6.45) is -3.04. The number of halogens is 3. The Morgan fingerprint density at radius 3 is 2.78 bits per heavy atom. The molecule has 2 amide bonds. The quantitative estimate of drug-likeness (QED) is 0.719. The molecule has 8 heteroatoms. The average Bonchev–Trinajstić information content (AvgIpc) is 3.29. The molecule has 23 heavy (non-hydrogen) atoms. The van der Waals surface area contributed by atoms with Crippen LogP contribution >= 0.6 is 0 Å². The van der Waals surface area contributed by atoms with E-state index in [0.717, 1.165) is 25.0 Å². The van der Waals surface area contributed by atoms with Crippen molar-refractivity contribution in [2.75, 3.05) is 25.1 Å². The number of benzene rings is 1. The number of urea groups is 1. The topological polar surface area (TPSA) is 70.6 Å². The first-order valence-electron chi connectivity index (χ1n) is 7.32. The second-order valence-corrected chi connectivity index (χ2v) is 5.55. The van der Waals surface area contributed by atoms with E-state index >= 15 is 0 Å². The van der Waals surface area contributed by atoms with E-state index < -0.39 is 23.9 Å². The number of alkyl halides is 3. The van der Waals surface area contributed by atoms with Crippen molar-refractivity contribution >= 4 is 11.7 Å². The molecule has 5 nitrogen and oxygen atoms in total. The number of carbonyl (C=O) groups is 1. The minimum absolute atomic E-state index is 0.0248. The van der Waals surface area contributed by atoms with Crippen molar-refractivity contribution in [2.24, 2.45) is 5.92 Å². The molecule has 1 saturated carbocycles. The molecule has 1 aliphatic rings. The zero-order valence-corrected chi connectivity index (χ0v) is 12.4. The van der Waals surface area contributed by atoms with Crippen LogP contribution in [0, 0.1) is 5.92 Å². The van der Waals surface area contributed by atoms with Gasteiger partial charge in [-0.15, -0.1) is 0 Å². The number of nitrogens with one attached hydrogen (secondary N) is 2. The SMILES string of the molecule is O=C(NCC(O)COCC1CC1)Nc1cccc(C(F)(F)F)c1. The molecule has 3 N–H and O–H groups in total. The Labute approximate surface area is 131 Å². The van der Waals surface area contributed by atoms with Gasteiger partial charge in [-0.3, -0.25) is 0 Å². The summed E-state index contributed by atoms with van der Waals surface area (Å²) in [6, 6.07) is 3.63. The van der Waals surface area contributed by atoms with Gasteiger partial charge in [0.15, 0.2) is 0 Å². The highest BCUT2D eigenvalue weighted by molar-refractivity contribution is 5.89. The maximum absolute atomic E-state index is 12.6. The van der Waals surface area contributed by atoms with E-state index in [1.54, 1.807) is 0 Å². The molecule has 1 aliphatic carbocycles. The summed E-state index contributed by atoms with van der Waals surface area (Å²) >= 11 is 0. The second-order valence-electron chi connectivity index (χ2n) is 5.55. The van der Waals surface area contributed by atoms with E-state index in [-0.39, 0.29) is 18.8 Å². The standard InChI is InChI=1S/C15H19F3N2O3/c16-15(17,18)11-2-1-3-12(6-11)20-14(22)19-7-13(21)9-23-8-10-4-5-10/h1-3,6,10,13,21H,4-5,7-9H2,(H2,19,20,22). The fourth-order valence-corrected chi connectivity index (χ4v) is 1.87. The van der Waals surface area contributed by atoms with Gasteiger partial charge in [0.1, 0.15) is 0 Å². The first kappa shape index (κ1) is 17.6. The van der Waals surface area contributed by atoms with Gasteiger partial charge in [0.05, 0.1) is 18.3 Å². The average molecular weight is 332 g/mol. The number of ether oxygens (including phenoxy) is 1.